The summed E-state index contributed by atoms with van der Waals surface area (Å²) in [5.41, 5.74) is -0.298. The average Bonchev–Trinajstić information content (AvgIpc) is 2.93. The molecule has 1 N–H and O–H groups in total. The van der Waals surface area contributed by atoms with Crippen LogP contribution in [0.4, 0.5) is 0 Å². The van der Waals surface area contributed by atoms with Crippen LogP contribution in [0.15, 0.2) is 29.2 Å². The number of ether oxygens (including phenoxy) is 2. The summed E-state index contributed by atoms with van der Waals surface area (Å²) >= 11 is 0. The minimum Gasteiger partial charge on any atom is -0.378 e. The van der Waals surface area contributed by atoms with Crippen LogP contribution in [0.3, 0.4) is 0 Å². The Bertz CT molecular complexity index is 625. The molecular formula is C13H16ClNO5S. The molecule has 1 atom stereocenters. The van der Waals surface area contributed by atoms with Crippen molar-refractivity contribution in [2.75, 3.05) is 26.9 Å². The molecule has 6 nitrogen and oxygen atoms in total. The molecule has 1 aliphatic rings. The third-order valence-electron chi connectivity index (χ3n) is 3.45. The predicted molar refractivity (Wildman–Crippen MR) is 77.0 cm³/mol. The monoisotopic (exact) mass is 333 g/mol. The predicted octanol–water partition coefficient (Wildman–Crippen LogP) is 1.15. The molecule has 1 heterocycles. The SMILES string of the molecule is COC1(CNC(=O)c2cccc(S(=O)(=O)Cl)c2)CCOC1. The summed E-state index contributed by atoms with van der Waals surface area (Å²) in [5, 5.41) is 2.73. The third kappa shape index (κ3) is 3.94. The molecule has 1 saturated heterocycles. The van der Waals surface area contributed by atoms with Crippen molar-refractivity contribution < 1.29 is 22.7 Å². The van der Waals surface area contributed by atoms with Gasteiger partial charge in [-0.2, -0.15) is 0 Å². The number of benzene rings is 1. The Morgan fingerprint density at radius 2 is 2.29 bits per heavy atom. The zero-order valence-electron chi connectivity index (χ0n) is 11.5. The molecule has 8 heteroatoms. The van der Waals surface area contributed by atoms with Crippen LogP contribution >= 0.6 is 10.7 Å². The molecular weight excluding hydrogens is 318 g/mol. The highest BCUT2D eigenvalue weighted by Gasteiger charge is 2.35. The van der Waals surface area contributed by atoms with Crippen molar-refractivity contribution in [1.82, 2.24) is 5.32 Å². The van der Waals surface area contributed by atoms with Crippen LogP contribution in [0.25, 0.3) is 0 Å². The first-order valence-corrected chi connectivity index (χ1v) is 8.63. The summed E-state index contributed by atoms with van der Waals surface area (Å²) in [6, 6.07) is 5.56. The van der Waals surface area contributed by atoms with Crippen LogP contribution in [-0.4, -0.2) is 46.8 Å². The van der Waals surface area contributed by atoms with Gasteiger partial charge in [-0.1, -0.05) is 6.07 Å². The van der Waals surface area contributed by atoms with Gasteiger partial charge in [0.1, 0.15) is 5.60 Å². The van der Waals surface area contributed by atoms with E-state index in [9.17, 15) is 13.2 Å². The maximum Gasteiger partial charge on any atom is 0.261 e. The fourth-order valence-corrected chi connectivity index (χ4v) is 2.89. The molecule has 21 heavy (non-hydrogen) atoms. The van der Waals surface area contributed by atoms with E-state index in [-0.39, 0.29) is 16.4 Å². The van der Waals surface area contributed by atoms with Crippen molar-refractivity contribution in [3.8, 4) is 0 Å². The van der Waals surface area contributed by atoms with Crippen molar-refractivity contribution in [2.45, 2.75) is 16.9 Å². The van der Waals surface area contributed by atoms with Crippen molar-refractivity contribution >= 4 is 25.6 Å². The largest absolute Gasteiger partial charge is 0.378 e. The van der Waals surface area contributed by atoms with Gasteiger partial charge in [-0.3, -0.25) is 4.79 Å². The lowest BCUT2D eigenvalue weighted by atomic mass is 10.0. The lowest BCUT2D eigenvalue weighted by molar-refractivity contribution is -0.0148. The molecule has 0 radical (unpaired) electrons. The Morgan fingerprint density at radius 1 is 1.52 bits per heavy atom. The van der Waals surface area contributed by atoms with Crippen LogP contribution in [0.2, 0.25) is 0 Å². The fraction of sp³-hybridized carbons (Fsp3) is 0.462. The lowest BCUT2D eigenvalue weighted by Gasteiger charge is -2.25. The number of hydrogen-bond donors (Lipinski definition) is 1. The second-order valence-electron chi connectivity index (χ2n) is 4.84. The maximum absolute atomic E-state index is 12.1. The summed E-state index contributed by atoms with van der Waals surface area (Å²) in [6.45, 7) is 1.30. The second kappa shape index (κ2) is 6.31. The summed E-state index contributed by atoms with van der Waals surface area (Å²) in [6.07, 6.45) is 0.694. The number of nitrogens with one attached hydrogen (secondary N) is 1. The van der Waals surface area contributed by atoms with Crippen molar-refractivity contribution in [3.05, 3.63) is 29.8 Å². The van der Waals surface area contributed by atoms with Crippen LogP contribution in [0.5, 0.6) is 0 Å². The van der Waals surface area contributed by atoms with Gasteiger partial charge in [-0.05, 0) is 18.2 Å². The molecule has 0 saturated carbocycles. The highest BCUT2D eigenvalue weighted by atomic mass is 35.7. The van der Waals surface area contributed by atoms with E-state index in [1.165, 1.54) is 24.3 Å². The lowest BCUT2D eigenvalue weighted by Crippen LogP contribution is -2.45. The van der Waals surface area contributed by atoms with Gasteiger partial charge in [0.25, 0.3) is 15.0 Å². The zero-order chi connectivity index (χ0) is 15.5. The van der Waals surface area contributed by atoms with E-state index < -0.39 is 14.7 Å². The van der Waals surface area contributed by atoms with Crippen LogP contribution < -0.4 is 5.32 Å². The number of carbonyl (C=O) groups excluding carboxylic acids is 1. The molecule has 1 aromatic carbocycles. The minimum absolute atomic E-state index is 0.109. The van der Waals surface area contributed by atoms with E-state index in [0.717, 1.165) is 0 Å². The zero-order valence-corrected chi connectivity index (χ0v) is 13.0. The van der Waals surface area contributed by atoms with Gasteiger partial charge in [0, 0.05) is 42.9 Å². The van der Waals surface area contributed by atoms with Gasteiger partial charge in [0.05, 0.1) is 11.5 Å². The van der Waals surface area contributed by atoms with E-state index in [2.05, 4.69) is 5.32 Å². The van der Waals surface area contributed by atoms with Gasteiger partial charge in [-0.15, -0.1) is 0 Å². The van der Waals surface area contributed by atoms with Crippen LogP contribution in [-0.2, 0) is 18.5 Å². The van der Waals surface area contributed by atoms with Crippen molar-refractivity contribution in [3.63, 3.8) is 0 Å². The van der Waals surface area contributed by atoms with E-state index in [0.29, 0.717) is 26.2 Å². The summed E-state index contributed by atoms with van der Waals surface area (Å²) in [7, 11) is 2.98. The third-order valence-corrected chi connectivity index (χ3v) is 4.80. The first-order valence-electron chi connectivity index (χ1n) is 6.32. The second-order valence-corrected chi connectivity index (χ2v) is 7.40. The Kier molecular flexibility index (Phi) is 4.88. The number of methoxy groups -OCH3 is 1. The molecule has 0 spiro atoms. The summed E-state index contributed by atoms with van der Waals surface area (Å²) in [4.78, 5) is 12.0. The molecule has 1 fully saturated rings. The molecule has 0 aliphatic carbocycles. The molecule has 116 valence electrons. The Morgan fingerprint density at radius 3 is 2.86 bits per heavy atom. The summed E-state index contributed by atoms with van der Waals surface area (Å²) in [5.74, 6) is -0.388. The first kappa shape index (κ1) is 16.2. The highest BCUT2D eigenvalue weighted by molar-refractivity contribution is 8.13. The number of rotatable bonds is 5. The standard InChI is InChI=1S/C13H16ClNO5S/c1-19-13(5-6-20-9-13)8-15-12(16)10-3-2-4-11(7-10)21(14,17)18/h2-4,7H,5-6,8-9H2,1H3,(H,15,16). The molecule has 0 bridgehead atoms. The van der Waals surface area contributed by atoms with Crippen LogP contribution in [0.1, 0.15) is 16.8 Å². The Hall–Kier alpha value is -1.15. The highest BCUT2D eigenvalue weighted by Crippen LogP contribution is 2.22. The van der Waals surface area contributed by atoms with Crippen molar-refractivity contribution in [2.24, 2.45) is 0 Å². The van der Waals surface area contributed by atoms with Gasteiger partial charge in [0.15, 0.2) is 0 Å². The molecule has 0 aromatic heterocycles. The molecule has 1 amide bonds. The van der Waals surface area contributed by atoms with E-state index in [1.807, 2.05) is 0 Å². The van der Waals surface area contributed by atoms with Crippen LogP contribution in [0, 0.1) is 0 Å². The van der Waals surface area contributed by atoms with Gasteiger partial charge in [0.2, 0.25) is 0 Å². The van der Waals surface area contributed by atoms with E-state index >= 15 is 0 Å². The molecule has 1 aliphatic heterocycles. The fourth-order valence-electron chi connectivity index (χ4n) is 2.09. The number of hydrogen-bond acceptors (Lipinski definition) is 5. The number of amides is 1. The minimum atomic E-state index is -3.86. The molecule has 2 rings (SSSR count). The average molecular weight is 334 g/mol. The Balaban J connectivity index is 2.07. The maximum atomic E-state index is 12.1. The number of carbonyl (C=O) groups is 1. The first-order chi connectivity index (χ1) is 9.86. The Labute approximate surface area is 127 Å². The normalized spacial score (nSPS) is 22.2. The van der Waals surface area contributed by atoms with E-state index in [1.54, 1.807) is 7.11 Å². The molecule has 1 unspecified atom stereocenters. The van der Waals surface area contributed by atoms with Gasteiger partial charge < -0.3 is 14.8 Å². The van der Waals surface area contributed by atoms with Gasteiger partial charge >= 0.3 is 0 Å². The smallest absolute Gasteiger partial charge is 0.261 e. The molecule has 1 aromatic rings. The summed E-state index contributed by atoms with van der Waals surface area (Å²) < 4.78 is 33.2. The number of halogens is 1. The quantitative estimate of drug-likeness (QED) is 0.817. The topological polar surface area (TPSA) is 81.7 Å². The van der Waals surface area contributed by atoms with Crippen molar-refractivity contribution in [1.29, 1.82) is 0 Å². The van der Waals surface area contributed by atoms with E-state index in [4.69, 9.17) is 20.2 Å². The van der Waals surface area contributed by atoms with Gasteiger partial charge in [-0.25, -0.2) is 8.42 Å².